The first-order valence-corrected chi connectivity index (χ1v) is 7.15. The van der Waals surface area contributed by atoms with Crippen LogP contribution in [0.3, 0.4) is 0 Å². The van der Waals surface area contributed by atoms with Gasteiger partial charge in [-0.15, -0.1) is 0 Å². The molecule has 0 heterocycles. The maximum absolute atomic E-state index is 13.5. The molecule has 1 atom stereocenters. The molecule has 22 heavy (non-hydrogen) atoms. The van der Waals surface area contributed by atoms with Crippen LogP contribution in [0.5, 0.6) is 0 Å². The molecule has 6 heteroatoms. The van der Waals surface area contributed by atoms with Gasteiger partial charge in [-0.1, -0.05) is 30.7 Å². The van der Waals surface area contributed by atoms with Crippen LogP contribution in [0.1, 0.15) is 24.9 Å². The molecule has 0 saturated heterocycles. The molecule has 0 fully saturated rings. The number of anilines is 1. The first kappa shape index (κ1) is 16.2. The fourth-order valence-electron chi connectivity index (χ4n) is 2.02. The lowest BCUT2D eigenvalue weighted by Gasteiger charge is -2.18. The molecule has 0 aromatic heterocycles. The van der Waals surface area contributed by atoms with E-state index in [4.69, 9.17) is 11.6 Å². The Balaban J connectivity index is 2.04. The Kier molecular flexibility index (Phi) is 5.33. The summed E-state index contributed by atoms with van der Waals surface area (Å²) >= 11 is 5.83. The molecule has 2 N–H and O–H groups in total. The van der Waals surface area contributed by atoms with Gasteiger partial charge in [0.1, 0.15) is 11.6 Å². The summed E-state index contributed by atoms with van der Waals surface area (Å²) in [6.07, 6.45) is 0.654. The number of halogens is 3. The maximum Gasteiger partial charge on any atom is 0.319 e. The van der Waals surface area contributed by atoms with Gasteiger partial charge in [0.25, 0.3) is 0 Å². The molecule has 3 nitrogen and oxygen atoms in total. The highest BCUT2D eigenvalue weighted by Gasteiger charge is 2.14. The maximum atomic E-state index is 13.5. The van der Waals surface area contributed by atoms with E-state index in [1.807, 2.05) is 19.1 Å². The lowest BCUT2D eigenvalue weighted by molar-refractivity contribution is 0.248. The van der Waals surface area contributed by atoms with Gasteiger partial charge in [0, 0.05) is 11.1 Å². The van der Waals surface area contributed by atoms with Gasteiger partial charge >= 0.3 is 6.03 Å². The minimum atomic E-state index is -0.824. The van der Waals surface area contributed by atoms with Crippen LogP contribution in [-0.2, 0) is 0 Å². The fourth-order valence-corrected chi connectivity index (χ4v) is 2.15. The van der Waals surface area contributed by atoms with Crippen LogP contribution in [0.15, 0.2) is 42.5 Å². The SMILES string of the molecule is CC[C@@H](NC(=O)Nc1ccc(F)cc1F)c1ccc(Cl)cc1. The molecule has 0 saturated carbocycles. The Morgan fingerprint density at radius 1 is 1.18 bits per heavy atom. The van der Waals surface area contributed by atoms with E-state index in [9.17, 15) is 13.6 Å². The minimum Gasteiger partial charge on any atom is -0.331 e. The van der Waals surface area contributed by atoms with Crippen LogP contribution in [0.2, 0.25) is 5.02 Å². The van der Waals surface area contributed by atoms with Gasteiger partial charge in [0.05, 0.1) is 11.7 Å². The predicted molar refractivity (Wildman–Crippen MR) is 83.0 cm³/mol. The van der Waals surface area contributed by atoms with Crippen LogP contribution in [0.4, 0.5) is 19.3 Å². The Morgan fingerprint density at radius 3 is 2.45 bits per heavy atom. The van der Waals surface area contributed by atoms with Crippen molar-refractivity contribution in [3.05, 3.63) is 64.7 Å². The van der Waals surface area contributed by atoms with Gasteiger partial charge in [-0.05, 0) is 36.2 Å². The van der Waals surface area contributed by atoms with Crippen molar-refractivity contribution in [3.8, 4) is 0 Å². The van der Waals surface area contributed by atoms with Crippen molar-refractivity contribution in [2.75, 3.05) is 5.32 Å². The Labute approximate surface area is 132 Å². The summed E-state index contributed by atoms with van der Waals surface area (Å²) in [5.74, 6) is -1.52. The topological polar surface area (TPSA) is 41.1 Å². The minimum absolute atomic E-state index is 0.0788. The Morgan fingerprint density at radius 2 is 1.86 bits per heavy atom. The number of hydrogen-bond acceptors (Lipinski definition) is 1. The molecular formula is C16H15ClF2N2O. The summed E-state index contributed by atoms with van der Waals surface area (Å²) in [5.41, 5.74) is 0.812. The molecule has 116 valence electrons. The highest BCUT2D eigenvalue weighted by molar-refractivity contribution is 6.30. The molecule has 0 unspecified atom stereocenters. The van der Waals surface area contributed by atoms with Crippen molar-refractivity contribution in [3.63, 3.8) is 0 Å². The number of urea groups is 1. The number of carbonyl (C=O) groups excluding carboxylic acids is 1. The Hall–Kier alpha value is -2.14. The molecular weight excluding hydrogens is 310 g/mol. The largest absolute Gasteiger partial charge is 0.331 e. The fraction of sp³-hybridized carbons (Fsp3) is 0.188. The van der Waals surface area contributed by atoms with Gasteiger partial charge in [-0.2, -0.15) is 0 Å². The Bertz CT molecular complexity index is 662. The number of nitrogens with one attached hydrogen (secondary N) is 2. The third kappa shape index (κ3) is 4.18. The average molecular weight is 325 g/mol. The zero-order chi connectivity index (χ0) is 16.1. The highest BCUT2D eigenvalue weighted by atomic mass is 35.5. The number of amides is 2. The van der Waals surface area contributed by atoms with Crippen LogP contribution in [0, 0.1) is 11.6 Å². The molecule has 0 aliphatic carbocycles. The molecule has 2 aromatic carbocycles. The quantitative estimate of drug-likeness (QED) is 0.826. The third-order valence-corrected chi connectivity index (χ3v) is 3.42. The summed E-state index contributed by atoms with van der Waals surface area (Å²) in [4.78, 5) is 12.0. The van der Waals surface area contributed by atoms with Crippen LogP contribution in [-0.4, -0.2) is 6.03 Å². The summed E-state index contributed by atoms with van der Waals surface area (Å²) < 4.78 is 26.3. The summed E-state index contributed by atoms with van der Waals surface area (Å²) in [6.45, 7) is 1.91. The molecule has 0 bridgehead atoms. The van der Waals surface area contributed by atoms with E-state index in [1.165, 1.54) is 6.07 Å². The van der Waals surface area contributed by atoms with Gasteiger partial charge in [-0.25, -0.2) is 13.6 Å². The first-order chi connectivity index (χ1) is 10.5. The van der Waals surface area contributed by atoms with E-state index in [-0.39, 0.29) is 11.7 Å². The second kappa shape index (κ2) is 7.22. The summed E-state index contributed by atoms with van der Waals surface area (Å²) in [7, 11) is 0. The van der Waals surface area contributed by atoms with Gasteiger partial charge in [0.15, 0.2) is 0 Å². The normalized spacial score (nSPS) is 11.8. The van der Waals surface area contributed by atoms with Crippen LogP contribution in [0.25, 0.3) is 0 Å². The van der Waals surface area contributed by atoms with Crippen LogP contribution >= 0.6 is 11.6 Å². The first-order valence-electron chi connectivity index (χ1n) is 6.77. The highest BCUT2D eigenvalue weighted by Crippen LogP contribution is 2.20. The molecule has 0 spiro atoms. The predicted octanol–water partition coefficient (Wildman–Crippen LogP) is 4.89. The molecule has 2 rings (SSSR count). The van der Waals surface area contributed by atoms with Gasteiger partial charge in [0.2, 0.25) is 0 Å². The number of hydrogen-bond donors (Lipinski definition) is 2. The lowest BCUT2D eigenvalue weighted by Crippen LogP contribution is -2.32. The van der Waals surface area contributed by atoms with Crippen molar-refractivity contribution in [1.82, 2.24) is 5.32 Å². The average Bonchev–Trinajstić information content (AvgIpc) is 2.49. The number of carbonyl (C=O) groups is 1. The second-order valence-corrected chi connectivity index (χ2v) is 5.17. The zero-order valence-corrected chi connectivity index (χ0v) is 12.6. The molecule has 0 aliphatic rings. The zero-order valence-electron chi connectivity index (χ0n) is 11.9. The van der Waals surface area contributed by atoms with E-state index in [2.05, 4.69) is 10.6 Å². The molecule has 2 amide bonds. The second-order valence-electron chi connectivity index (χ2n) is 4.74. The van der Waals surface area contributed by atoms with Gasteiger partial charge in [-0.3, -0.25) is 0 Å². The van der Waals surface area contributed by atoms with Crippen molar-refractivity contribution in [2.24, 2.45) is 0 Å². The van der Waals surface area contributed by atoms with E-state index < -0.39 is 17.7 Å². The van der Waals surface area contributed by atoms with Crippen molar-refractivity contribution in [2.45, 2.75) is 19.4 Å². The summed E-state index contributed by atoms with van der Waals surface area (Å²) in [5, 5.41) is 5.71. The molecule has 0 radical (unpaired) electrons. The van der Waals surface area contributed by atoms with E-state index in [0.717, 1.165) is 11.6 Å². The third-order valence-electron chi connectivity index (χ3n) is 3.17. The van der Waals surface area contributed by atoms with Gasteiger partial charge < -0.3 is 10.6 Å². The monoisotopic (exact) mass is 324 g/mol. The number of benzene rings is 2. The van der Waals surface area contributed by atoms with E-state index in [1.54, 1.807) is 12.1 Å². The van der Waals surface area contributed by atoms with E-state index >= 15 is 0 Å². The smallest absolute Gasteiger partial charge is 0.319 e. The lowest BCUT2D eigenvalue weighted by atomic mass is 10.1. The van der Waals surface area contributed by atoms with E-state index in [0.29, 0.717) is 17.5 Å². The van der Waals surface area contributed by atoms with Crippen molar-refractivity contribution >= 4 is 23.3 Å². The number of rotatable bonds is 4. The van der Waals surface area contributed by atoms with Crippen LogP contribution < -0.4 is 10.6 Å². The summed E-state index contributed by atoms with van der Waals surface area (Å²) in [6, 6.07) is 9.27. The van der Waals surface area contributed by atoms with Crippen molar-refractivity contribution < 1.29 is 13.6 Å². The van der Waals surface area contributed by atoms with Crippen molar-refractivity contribution in [1.29, 1.82) is 0 Å². The standard InChI is InChI=1S/C16H15ClF2N2O/c1-2-14(10-3-5-11(17)6-4-10)20-16(22)21-15-8-7-12(18)9-13(15)19/h3-9,14H,2H2,1H3,(H2,20,21,22)/t14-/m1/s1. The molecule has 0 aliphatic heterocycles. The molecule has 2 aromatic rings.